The van der Waals surface area contributed by atoms with Gasteiger partial charge in [-0.2, -0.15) is 13.2 Å². The molecule has 0 atom stereocenters. The standard InChI is InChI=1S/C13H14BrF3INO/c1-2-3-6-19(8-13(15,16)17)12(20)10-7-9(18)4-5-11(10)14/h4-5,7H,2-3,6,8H2,1H3. The SMILES string of the molecule is CCCCN(CC(F)(F)F)C(=O)c1cc(I)ccc1Br. The van der Waals surface area contributed by atoms with E-state index in [2.05, 4.69) is 15.9 Å². The number of benzene rings is 1. The number of halogens is 5. The number of alkyl halides is 3. The Labute approximate surface area is 138 Å². The van der Waals surface area contributed by atoms with Crippen LogP contribution >= 0.6 is 38.5 Å². The molecule has 20 heavy (non-hydrogen) atoms. The smallest absolute Gasteiger partial charge is 0.330 e. The van der Waals surface area contributed by atoms with Crippen LogP contribution in [-0.4, -0.2) is 30.1 Å². The average Bonchev–Trinajstić information content (AvgIpc) is 2.35. The van der Waals surface area contributed by atoms with Crippen LogP contribution in [0, 0.1) is 3.57 Å². The third-order valence-corrected chi connectivity index (χ3v) is 3.96. The highest BCUT2D eigenvalue weighted by atomic mass is 127. The number of nitrogens with zero attached hydrogens (tertiary/aromatic N) is 1. The van der Waals surface area contributed by atoms with Crippen molar-refractivity contribution in [1.29, 1.82) is 0 Å². The van der Waals surface area contributed by atoms with Crippen molar-refractivity contribution >= 4 is 44.4 Å². The number of carbonyl (C=O) groups is 1. The maximum Gasteiger partial charge on any atom is 0.406 e. The molecular formula is C13H14BrF3INO. The fraction of sp³-hybridized carbons (Fsp3) is 0.462. The Morgan fingerprint density at radius 2 is 2.05 bits per heavy atom. The predicted octanol–water partition coefficient (Wildman–Crippen LogP) is 4.86. The normalized spacial score (nSPS) is 11.5. The number of hydrogen-bond acceptors (Lipinski definition) is 1. The van der Waals surface area contributed by atoms with Crippen LogP contribution in [0.3, 0.4) is 0 Å². The van der Waals surface area contributed by atoms with E-state index in [-0.39, 0.29) is 12.1 Å². The van der Waals surface area contributed by atoms with E-state index in [1.54, 1.807) is 18.2 Å². The van der Waals surface area contributed by atoms with Crippen LogP contribution in [0.25, 0.3) is 0 Å². The Morgan fingerprint density at radius 1 is 1.40 bits per heavy atom. The summed E-state index contributed by atoms with van der Waals surface area (Å²) < 4.78 is 39.1. The van der Waals surface area contributed by atoms with Gasteiger partial charge in [0.2, 0.25) is 0 Å². The van der Waals surface area contributed by atoms with Gasteiger partial charge in [0.15, 0.2) is 0 Å². The molecule has 0 heterocycles. The zero-order valence-corrected chi connectivity index (χ0v) is 14.5. The van der Waals surface area contributed by atoms with Crippen LogP contribution in [0.5, 0.6) is 0 Å². The van der Waals surface area contributed by atoms with E-state index < -0.39 is 18.6 Å². The van der Waals surface area contributed by atoms with Gasteiger partial charge in [0.1, 0.15) is 6.54 Å². The van der Waals surface area contributed by atoms with E-state index in [4.69, 9.17) is 0 Å². The first kappa shape index (κ1) is 17.7. The van der Waals surface area contributed by atoms with Gasteiger partial charge in [0.25, 0.3) is 5.91 Å². The largest absolute Gasteiger partial charge is 0.406 e. The van der Waals surface area contributed by atoms with Crippen molar-refractivity contribution in [3.63, 3.8) is 0 Å². The summed E-state index contributed by atoms with van der Waals surface area (Å²) in [5, 5.41) is 0. The Hall–Kier alpha value is -0.310. The lowest BCUT2D eigenvalue weighted by Crippen LogP contribution is -2.39. The minimum atomic E-state index is -4.39. The van der Waals surface area contributed by atoms with Gasteiger partial charge >= 0.3 is 6.18 Å². The fourth-order valence-electron chi connectivity index (χ4n) is 1.65. The van der Waals surface area contributed by atoms with Crippen molar-refractivity contribution < 1.29 is 18.0 Å². The van der Waals surface area contributed by atoms with Crippen molar-refractivity contribution in [3.05, 3.63) is 31.8 Å². The molecule has 0 fully saturated rings. The zero-order chi connectivity index (χ0) is 15.3. The molecule has 7 heteroatoms. The van der Waals surface area contributed by atoms with E-state index in [1.807, 2.05) is 29.5 Å². The summed E-state index contributed by atoms with van der Waals surface area (Å²) in [4.78, 5) is 13.2. The summed E-state index contributed by atoms with van der Waals surface area (Å²) in [5.74, 6) is -0.596. The second-order valence-corrected chi connectivity index (χ2v) is 6.42. The number of carbonyl (C=O) groups excluding carboxylic acids is 1. The molecule has 0 aromatic heterocycles. The molecule has 0 bridgehead atoms. The maximum absolute atomic E-state index is 12.6. The molecule has 0 aliphatic heterocycles. The highest BCUT2D eigenvalue weighted by Crippen LogP contribution is 2.24. The molecule has 0 saturated heterocycles. The average molecular weight is 464 g/mol. The molecule has 0 aliphatic carbocycles. The van der Waals surface area contributed by atoms with Gasteiger partial charge in [0, 0.05) is 14.6 Å². The molecule has 1 amide bonds. The predicted molar refractivity (Wildman–Crippen MR) is 83.7 cm³/mol. The quantitative estimate of drug-likeness (QED) is 0.571. The van der Waals surface area contributed by atoms with Crippen molar-refractivity contribution in [2.24, 2.45) is 0 Å². The summed E-state index contributed by atoms with van der Waals surface area (Å²) >= 11 is 5.24. The summed E-state index contributed by atoms with van der Waals surface area (Å²) in [6.07, 6.45) is -3.11. The number of hydrogen-bond donors (Lipinski definition) is 0. The van der Waals surface area contributed by atoms with Gasteiger partial charge in [-0.3, -0.25) is 4.79 Å². The molecule has 0 unspecified atom stereocenters. The Morgan fingerprint density at radius 3 is 2.60 bits per heavy atom. The van der Waals surface area contributed by atoms with E-state index in [0.717, 1.165) is 14.9 Å². The number of rotatable bonds is 5. The zero-order valence-electron chi connectivity index (χ0n) is 10.8. The van der Waals surface area contributed by atoms with Crippen LogP contribution in [-0.2, 0) is 0 Å². The highest BCUT2D eigenvalue weighted by molar-refractivity contribution is 14.1. The van der Waals surface area contributed by atoms with Gasteiger partial charge in [0.05, 0.1) is 5.56 Å². The molecule has 112 valence electrons. The number of amides is 1. The first-order valence-electron chi connectivity index (χ1n) is 6.05. The highest BCUT2D eigenvalue weighted by Gasteiger charge is 2.33. The van der Waals surface area contributed by atoms with Crippen LogP contribution in [0.1, 0.15) is 30.1 Å². The van der Waals surface area contributed by atoms with Gasteiger partial charge in [-0.05, 0) is 63.1 Å². The number of unbranched alkanes of at least 4 members (excludes halogenated alkanes) is 1. The van der Waals surface area contributed by atoms with E-state index in [9.17, 15) is 18.0 Å². The molecular weight excluding hydrogens is 450 g/mol. The van der Waals surface area contributed by atoms with Gasteiger partial charge in [-0.25, -0.2) is 0 Å². The van der Waals surface area contributed by atoms with Crippen molar-refractivity contribution in [1.82, 2.24) is 4.90 Å². The monoisotopic (exact) mass is 463 g/mol. The lowest BCUT2D eigenvalue weighted by molar-refractivity contribution is -0.140. The lowest BCUT2D eigenvalue weighted by atomic mass is 10.2. The first-order valence-corrected chi connectivity index (χ1v) is 7.93. The van der Waals surface area contributed by atoms with Crippen molar-refractivity contribution in [2.75, 3.05) is 13.1 Å². The second-order valence-electron chi connectivity index (χ2n) is 4.32. The van der Waals surface area contributed by atoms with Crippen LogP contribution < -0.4 is 0 Å². The molecule has 0 N–H and O–H groups in total. The van der Waals surface area contributed by atoms with Crippen LogP contribution in [0.2, 0.25) is 0 Å². The van der Waals surface area contributed by atoms with Gasteiger partial charge in [-0.1, -0.05) is 13.3 Å². The van der Waals surface area contributed by atoms with Crippen molar-refractivity contribution in [3.8, 4) is 0 Å². The van der Waals surface area contributed by atoms with Crippen LogP contribution in [0.15, 0.2) is 22.7 Å². The van der Waals surface area contributed by atoms with E-state index in [1.165, 1.54) is 0 Å². The van der Waals surface area contributed by atoms with E-state index in [0.29, 0.717) is 10.9 Å². The summed E-state index contributed by atoms with van der Waals surface area (Å²) in [7, 11) is 0. The molecule has 0 spiro atoms. The van der Waals surface area contributed by atoms with Crippen molar-refractivity contribution in [2.45, 2.75) is 25.9 Å². The maximum atomic E-state index is 12.6. The van der Waals surface area contributed by atoms with Gasteiger partial charge in [-0.15, -0.1) is 0 Å². The first-order chi connectivity index (χ1) is 9.24. The topological polar surface area (TPSA) is 20.3 Å². The molecule has 1 aromatic rings. The Bertz CT molecular complexity index is 479. The van der Waals surface area contributed by atoms with E-state index >= 15 is 0 Å². The Balaban J connectivity index is 2.99. The lowest BCUT2D eigenvalue weighted by Gasteiger charge is -2.24. The minimum absolute atomic E-state index is 0.104. The van der Waals surface area contributed by atoms with Gasteiger partial charge < -0.3 is 4.90 Å². The third-order valence-electron chi connectivity index (χ3n) is 2.60. The Kier molecular flexibility index (Phi) is 6.77. The molecule has 0 saturated carbocycles. The summed E-state index contributed by atoms with van der Waals surface area (Å²) in [6.45, 7) is 0.758. The molecule has 0 radical (unpaired) electrons. The minimum Gasteiger partial charge on any atom is -0.330 e. The molecule has 1 rings (SSSR count). The summed E-state index contributed by atoms with van der Waals surface area (Å²) in [6, 6.07) is 5.03. The molecule has 1 aromatic carbocycles. The third kappa shape index (κ3) is 5.59. The molecule has 2 nitrogen and oxygen atoms in total. The summed E-state index contributed by atoms with van der Waals surface area (Å²) in [5.41, 5.74) is 0.261. The second kappa shape index (κ2) is 7.63. The van der Waals surface area contributed by atoms with Crippen LogP contribution in [0.4, 0.5) is 13.2 Å². The molecule has 0 aliphatic rings. The fourth-order valence-corrected chi connectivity index (χ4v) is 2.56.